The Morgan fingerprint density at radius 1 is 1.40 bits per heavy atom. The zero-order valence-corrected chi connectivity index (χ0v) is 11.4. The Balaban J connectivity index is 2.39. The lowest BCUT2D eigenvalue weighted by atomic mass is 9.99. The Bertz CT molecular complexity index is 509. The summed E-state index contributed by atoms with van der Waals surface area (Å²) in [4.78, 5) is 13.3. The molecular formula is C14H17F3N2O. The normalized spacial score (nSPS) is 26.6. The van der Waals surface area contributed by atoms with Crippen LogP contribution in [0.3, 0.4) is 0 Å². The number of nitrogens with zero attached hydrogens (tertiary/aromatic N) is 1. The molecule has 0 aromatic heterocycles. The van der Waals surface area contributed by atoms with Crippen molar-refractivity contribution in [1.29, 1.82) is 0 Å². The predicted molar refractivity (Wildman–Crippen MR) is 68.7 cm³/mol. The van der Waals surface area contributed by atoms with Crippen molar-refractivity contribution in [2.75, 3.05) is 6.54 Å². The van der Waals surface area contributed by atoms with Crippen LogP contribution in [0.25, 0.3) is 0 Å². The first kappa shape index (κ1) is 14.8. The number of amides is 1. The van der Waals surface area contributed by atoms with Gasteiger partial charge in [0.15, 0.2) is 0 Å². The molecule has 1 heterocycles. The minimum absolute atomic E-state index is 0.207. The molecule has 0 bridgehead atoms. The molecule has 0 aliphatic carbocycles. The molecular weight excluding hydrogens is 269 g/mol. The highest BCUT2D eigenvalue weighted by atomic mass is 19.3. The van der Waals surface area contributed by atoms with Crippen molar-refractivity contribution in [3.63, 3.8) is 0 Å². The Morgan fingerprint density at radius 2 is 2.05 bits per heavy atom. The first-order valence-electron chi connectivity index (χ1n) is 6.50. The van der Waals surface area contributed by atoms with Gasteiger partial charge in [-0.15, -0.1) is 0 Å². The van der Waals surface area contributed by atoms with Gasteiger partial charge in [-0.05, 0) is 19.4 Å². The lowest BCUT2D eigenvalue weighted by molar-refractivity contribution is -0.134. The molecule has 1 fully saturated rings. The van der Waals surface area contributed by atoms with Crippen LogP contribution in [0, 0.1) is 5.82 Å². The van der Waals surface area contributed by atoms with Gasteiger partial charge in [0.1, 0.15) is 12.0 Å². The third-order valence-corrected chi connectivity index (χ3v) is 3.74. The van der Waals surface area contributed by atoms with Gasteiger partial charge in [-0.1, -0.05) is 25.1 Å². The highest BCUT2D eigenvalue weighted by molar-refractivity contribution is 5.88. The Morgan fingerprint density at radius 3 is 2.60 bits per heavy atom. The fourth-order valence-corrected chi connectivity index (χ4v) is 2.41. The SMILES string of the molecule is CCC1(C)NC(c2ccccc2F)N(CC(F)F)C1=O. The van der Waals surface area contributed by atoms with E-state index < -0.39 is 36.4 Å². The van der Waals surface area contributed by atoms with Crippen LogP contribution < -0.4 is 5.32 Å². The van der Waals surface area contributed by atoms with Gasteiger partial charge in [0.05, 0.1) is 12.1 Å². The molecule has 1 aromatic rings. The van der Waals surface area contributed by atoms with Crippen molar-refractivity contribution in [2.24, 2.45) is 0 Å². The minimum Gasteiger partial charge on any atom is -0.315 e. The summed E-state index contributed by atoms with van der Waals surface area (Å²) in [7, 11) is 0. The second-order valence-corrected chi connectivity index (χ2v) is 5.10. The molecule has 2 unspecified atom stereocenters. The fraction of sp³-hybridized carbons (Fsp3) is 0.500. The maximum absolute atomic E-state index is 13.9. The van der Waals surface area contributed by atoms with Crippen molar-refractivity contribution in [2.45, 2.75) is 38.4 Å². The average Bonchev–Trinajstić information content (AvgIpc) is 2.65. The molecule has 1 amide bonds. The quantitative estimate of drug-likeness (QED) is 0.923. The van der Waals surface area contributed by atoms with Gasteiger partial charge in [-0.25, -0.2) is 13.2 Å². The van der Waals surface area contributed by atoms with E-state index in [1.807, 2.05) is 0 Å². The van der Waals surface area contributed by atoms with E-state index >= 15 is 0 Å². The maximum Gasteiger partial charge on any atom is 0.255 e. The van der Waals surface area contributed by atoms with Gasteiger partial charge in [0, 0.05) is 5.56 Å². The van der Waals surface area contributed by atoms with Gasteiger partial charge in [-0.3, -0.25) is 10.1 Å². The van der Waals surface area contributed by atoms with E-state index in [9.17, 15) is 18.0 Å². The van der Waals surface area contributed by atoms with E-state index in [0.717, 1.165) is 4.90 Å². The summed E-state index contributed by atoms with van der Waals surface area (Å²) in [6.07, 6.45) is -3.08. The lowest BCUT2D eigenvalue weighted by Crippen LogP contribution is -2.43. The summed E-state index contributed by atoms with van der Waals surface area (Å²) in [6.45, 7) is 2.73. The Labute approximate surface area is 115 Å². The van der Waals surface area contributed by atoms with Crippen molar-refractivity contribution in [3.05, 3.63) is 35.6 Å². The van der Waals surface area contributed by atoms with Crippen molar-refractivity contribution < 1.29 is 18.0 Å². The first-order chi connectivity index (χ1) is 9.39. The van der Waals surface area contributed by atoms with Crippen LogP contribution in [-0.2, 0) is 4.79 Å². The summed E-state index contributed by atoms with van der Waals surface area (Å²) in [5, 5.41) is 2.98. The Kier molecular flexibility index (Phi) is 4.04. The van der Waals surface area contributed by atoms with Crippen LogP contribution >= 0.6 is 0 Å². The van der Waals surface area contributed by atoms with Crippen LogP contribution in [0.1, 0.15) is 32.0 Å². The summed E-state index contributed by atoms with van der Waals surface area (Å²) < 4.78 is 39.2. The number of carbonyl (C=O) groups excluding carboxylic acids is 1. The molecule has 1 N–H and O–H groups in total. The highest BCUT2D eigenvalue weighted by Gasteiger charge is 2.48. The third-order valence-electron chi connectivity index (χ3n) is 3.74. The van der Waals surface area contributed by atoms with Crippen molar-refractivity contribution >= 4 is 5.91 Å². The monoisotopic (exact) mass is 286 g/mol. The molecule has 0 spiro atoms. The standard InChI is InChI=1S/C14H17F3N2O/c1-3-14(2)13(20)19(8-11(16)17)12(18-14)9-6-4-5-7-10(9)15/h4-7,11-12,18H,3,8H2,1-2H3. The summed E-state index contributed by atoms with van der Waals surface area (Å²) in [6, 6.07) is 5.89. The molecule has 110 valence electrons. The van der Waals surface area contributed by atoms with E-state index in [0.29, 0.717) is 6.42 Å². The van der Waals surface area contributed by atoms with E-state index in [2.05, 4.69) is 5.32 Å². The number of nitrogens with one attached hydrogen (secondary N) is 1. The zero-order chi connectivity index (χ0) is 14.9. The topological polar surface area (TPSA) is 32.3 Å². The average molecular weight is 286 g/mol. The van der Waals surface area contributed by atoms with Crippen LogP contribution in [-0.4, -0.2) is 29.3 Å². The smallest absolute Gasteiger partial charge is 0.255 e. The van der Waals surface area contributed by atoms with Gasteiger partial charge in [0.25, 0.3) is 6.43 Å². The molecule has 20 heavy (non-hydrogen) atoms. The molecule has 1 aliphatic heterocycles. The molecule has 1 aliphatic rings. The van der Waals surface area contributed by atoms with Crippen LogP contribution in [0.4, 0.5) is 13.2 Å². The molecule has 3 nitrogen and oxygen atoms in total. The lowest BCUT2D eigenvalue weighted by Gasteiger charge is -2.24. The molecule has 6 heteroatoms. The molecule has 0 radical (unpaired) electrons. The van der Waals surface area contributed by atoms with Gasteiger partial charge < -0.3 is 4.90 Å². The number of benzene rings is 1. The van der Waals surface area contributed by atoms with Crippen LogP contribution in [0.2, 0.25) is 0 Å². The number of halogens is 3. The van der Waals surface area contributed by atoms with E-state index in [-0.39, 0.29) is 5.56 Å². The number of carbonyl (C=O) groups is 1. The fourth-order valence-electron chi connectivity index (χ4n) is 2.41. The van der Waals surface area contributed by atoms with Crippen molar-refractivity contribution in [3.8, 4) is 0 Å². The summed E-state index contributed by atoms with van der Waals surface area (Å²) >= 11 is 0. The number of hydrogen-bond acceptors (Lipinski definition) is 2. The highest BCUT2D eigenvalue weighted by Crippen LogP contribution is 2.33. The molecule has 1 saturated heterocycles. The minimum atomic E-state index is -2.66. The van der Waals surface area contributed by atoms with Crippen LogP contribution in [0.15, 0.2) is 24.3 Å². The molecule has 0 saturated carbocycles. The first-order valence-corrected chi connectivity index (χ1v) is 6.50. The number of hydrogen-bond donors (Lipinski definition) is 1. The largest absolute Gasteiger partial charge is 0.315 e. The molecule has 2 rings (SSSR count). The molecule has 2 atom stereocenters. The maximum atomic E-state index is 13.9. The van der Waals surface area contributed by atoms with E-state index in [4.69, 9.17) is 0 Å². The predicted octanol–water partition coefficient (Wildman–Crippen LogP) is 2.69. The Hall–Kier alpha value is -1.56. The summed E-state index contributed by atoms with van der Waals surface area (Å²) in [5.41, 5.74) is -0.736. The second kappa shape index (κ2) is 5.44. The second-order valence-electron chi connectivity index (χ2n) is 5.10. The van der Waals surface area contributed by atoms with E-state index in [1.165, 1.54) is 18.2 Å². The number of alkyl halides is 2. The van der Waals surface area contributed by atoms with Gasteiger partial charge in [0.2, 0.25) is 5.91 Å². The van der Waals surface area contributed by atoms with Crippen LogP contribution in [0.5, 0.6) is 0 Å². The number of rotatable bonds is 4. The van der Waals surface area contributed by atoms with Crippen molar-refractivity contribution in [1.82, 2.24) is 10.2 Å². The van der Waals surface area contributed by atoms with Gasteiger partial charge in [-0.2, -0.15) is 0 Å². The van der Waals surface area contributed by atoms with E-state index in [1.54, 1.807) is 19.9 Å². The summed E-state index contributed by atoms with van der Waals surface area (Å²) in [5.74, 6) is -0.939. The van der Waals surface area contributed by atoms with Gasteiger partial charge >= 0.3 is 0 Å². The molecule has 1 aromatic carbocycles. The zero-order valence-electron chi connectivity index (χ0n) is 11.4. The third kappa shape index (κ3) is 2.52.